The van der Waals surface area contributed by atoms with Gasteiger partial charge in [-0.25, -0.2) is 15.0 Å². The van der Waals surface area contributed by atoms with Gasteiger partial charge in [0.05, 0.1) is 29.2 Å². The normalized spacial score (nSPS) is 14.3. The fourth-order valence-electron chi connectivity index (χ4n) is 4.01. The zero-order valence-corrected chi connectivity index (χ0v) is 17.0. The zero-order valence-electron chi connectivity index (χ0n) is 17.0. The number of nitrogens with zero attached hydrogens (tertiary/aromatic N) is 6. The van der Waals surface area contributed by atoms with Gasteiger partial charge in [0, 0.05) is 55.7 Å². The summed E-state index contributed by atoms with van der Waals surface area (Å²) in [6.45, 7) is 1.37. The molecule has 8 heteroatoms. The van der Waals surface area contributed by atoms with Crippen LogP contribution in [0.3, 0.4) is 0 Å². The quantitative estimate of drug-likeness (QED) is 0.473. The van der Waals surface area contributed by atoms with Gasteiger partial charge >= 0.3 is 0 Å². The van der Waals surface area contributed by atoms with Crippen LogP contribution in [0, 0.1) is 0 Å². The van der Waals surface area contributed by atoms with Crippen LogP contribution in [0.5, 0.6) is 0 Å². The summed E-state index contributed by atoms with van der Waals surface area (Å²) < 4.78 is 3.98. The largest absolute Gasteiger partial charge is 0.389 e. The second kappa shape index (κ2) is 6.82. The molecular weight excluding hydrogens is 390 g/mol. The first-order valence-corrected chi connectivity index (χ1v) is 10.2. The van der Waals surface area contributed by atoms with Gasteiger partial charge in [0.15, 0.2) is 11.5 Å². The first kappa shape index (κ1) is 17.9. The lowest BCUT2D eigenvalue weighted by Crippen LogP contribution is -2.50. The molecule has 1 aliphatic rings. The Hall–Kier alpha value is -3.91. The lowest BCUT2D eigenvalue weighted by Gasteiger charge is -2.37. The highest BCUT2D eigenvalue weighted by Gasteiger charge is 2.24. The smallest absolute Gasteiger partial charge is 0.180 e. The molecule has 3 aromatic heterocycles. The van der Waals surface area contributed by atoms with Crippen molar-refractivity contribution >= 4 is 33.9 Å². The summed E-state index contributed by atoms with van der Waals surface area (Å²) >= 11 is 0. The van der Waals surface area contributed by atoms with Crippen LogP contribution < -0.4 is 10.2 Å². The Morgan fingerprint density at radius 3 is 2.71 bits per heavy atom. The Bertz CT molecular complexity index is 1400. The minimum absolute atomic E-state index is 0.219. The fourth-order valence-corrected chi connectivity index (χ4v) is 4.01. The van der Waals surface area contributed by atoms with Crippen LogP contribution in [-0.4, -0.2) is 48.2 Å². The number of nitrogens with one attached hydrogen (secondary N) is 1. The molecule has 0 aliphatic carbocycles. The highest BCUT2D eigenvalue weighted by molar-refractivity contribution is 5.82. The number of aliphatic hydroxyl groups excluding tert-OH is 1. The second-order valence-electron chi connectivity index (χ2n) is 7.92. The van der Waals surface area contributed by atoms with E-state index in [4.69, 9.17) is 4.98 Å². The monoisotopic (exact) mass is 411 g/mol. The number of imidazole rings is 2. The Morgan fingerprint density at radius 1 is 1.06 bits per heavy atom. The van der Waals surface area contributed by atoms with Crippen LogP contribution in [0.25, 0.3) is 27.9 Å². The minimum atomic E-state index is -0.219. The van der Waals surface area contributed by atoms with Crippen molar-refractivity contribution < 1.29 is 5.11 Å². The number of benzene rings is 2. The molecule has 1 fully saturated rings. The number of β-amino-alcohol motifs (C(OH)–C–C–N with tert-alkyl or cyclic N) is 1. The molecule has 31 heavy (non-hydrogen) atoms. The number of fused-ring (bicyclic) bond motifs is 2. The van der Waals surface area contributed by atoms with Crippen LogP contribution in [0.15, 0.2) is 67.4 Å². The van der Waals surface area contributed by atoms with Gasteiger partial charge in [-0.2, -0.15) is 0 Å². The summed E-state index contributed by atoms with van der Waals surface area (Å²) in [5.74, 6) is 0.691. The third-order valence-electron chi connectivity index (χ3n) is 5.75. The van der Waals surface area contributed by atoms with Crippen LogP contribution in [0.1, 0.15) is 0 Å². The molecule has 0 spiro atoms. The minimum Gasteiger partial charge on any atom is -0.389 e. The molecular formula is C23H21N7O. The molecule has 5 aromatic rings. The van der Waals surface area contributed by atoms with E-state index in [0.717, 1.165) is 39.3 Å². The van der Waals surface area contributed by atoms with E-state index in [9.17, 15) is 5.11 Å². The number of aryl methyl sites for hydroxylation is 1. The number of hydrogen-bond acceptors (Lipinski definition) is 6. The lowest BCUT2D eigenvalue weighted by atomic mass is 10.1. The molecule has 0 atom stereocenters. The van der Waals surface area contributed by atoms with Crippen molar-refractivity contribution in [2.75, 3.05) is 23.3 Å². The molecule has 4 heterocycles. The molecule has 154 valence electrons. The van der Waals surface area contributed by atoms with Crippen LogP contribution in [0.4, 0.5) is 17.2 Å². The van der Waals surface area contributed by atoms with Crippen molar-refractivity contribution in [2.45, 2.75) is 6.10 Å². The van der Waals surface area contributed by atoms with Gasteiger partial charge in [-0.3, -0.25) is 0 Å². The molecule has 2 aromatic carbocycles. The number of aromatic nitrogens is 5. The van der Waals surface area contributed by atoms with Gasteiger partial charge < -0.3 is 24.3 Å². The van der Waals surface area contributed by atoms with E-state index in [-0.39, 0.29) is 6.10 Å². The first-order chi connectivity index (χ1) is 15.1. The highest BCUT2D eigenvalue weighted by atomic mass is 16.3. The van der Waals surface area contributed by atoms with Crippen molar-refractivity contribution in [3.05, 3.63) is 67.4 Å². The lowest BCUT2D eigenvalue weighted by molar-refractivity contribution is 0.142. The number of anilines is 3. The van der Waals surface area contributed by atoms with E-state index in [0.29, 0.717) is 18.9 Å². The van der Waals surface area contributed by atoms with E-state index in [1.54, 1.807) is 6.20 Å². The molecule has 2 N–H and O–H groups in total. The van der Waals surface area contributed by atoms with Crippen LogP contribution in [-0.2, 0) is 7.05 Å². The molecule has 0 amide bonds. The van der Waals surface area contributed by atoms with Crippen molar-refractivity contribution in [3.63, 3.8) is 0 Å². The summed E-state index contributed by atoms with van der Waals surface area (Å²) in [5.41, 5.74) is 6.65. The van der Waals surface area contributed by atoms with E-state index in [2.05, 4.69) is 50.5 Å². The van der Waals surface area contributed by atoms with Crippen molar-refractivity contribution in [1.29, 1.82) is 0 Å². The summed E-state index contributed by atoms with van der Waals surface area (Å²) in [5, 5.41) is 12.9. The van der Waals surface area contributed by atoms with Crippen LogP contribution >= 0.6 is 0 Å². The Labute approximate surface area is 178 Å². The summed E-state index contributed by atoms with van der Waals surface area (Å²) in [4.78, 5) is 16.0. The Kier molecular flexibility index (Phi) is 3.94. The number of rotatable bonds is 4. The van der Waals surface area contributed by atoms with Crippen LogP contribution in [0.2, 0.25) is 0 Å². The summed E-state index contributed by atoms with van der Waals surface area (Å²) in [6, 6.07) is 14.3. The van der Waals surface area contributed by atoms with Gasteiger partial charge in [0.2, 0.25) is 0 Å². The molecule has 8 nitrogen and oxygen atoms in total. The zero-order chi connectivity index (χ0) is 20.9. The Balaban J connectivity index is 1.35. The van der Waals surface area contributed by atoms with Gasteiger partial charge in [-0.05, 0) is 36.4 Å². The molecule has 6 rings (SSSR count). The average Bonchev–Trinajstić information content (AvgIpc) is 3.39. The predicted molar refractivity (Wildman–Crippen MR) is 121 cm³/mol. The highest BCUT2D eigenvalue weighted by Crippen LogP contribution is 2.28. The maximum Gasteiger partial charge on any atom is 0.180 e. The van der Waals surface area contributed by atoms with E-state index in [1.807, 2.05) is 46.9 Å². The molecule has 0 radical (unpaired) electrons. The molecule has 0 unspecified atom stereocenters. The fraction of sp³-hybridized carbons (Fsp3) is 0.174. The average molecular weight is 411 g/mol. The number of hydrogen-bond donors (Lipinski definition) is 2. The summed E-state index contributed by atoms with van der Waals surface area (Å²) in [7, 11) is 1.99. The third kappa shape index (κ3) is 3.08. The predicted octanol–water partition coefficient (Wildman–Crippen LogP) is 3.21. The maximum absolute atomic E-state index is 9.51. The van der Waals surface area contributed by atoms with Crippen molar-refractivity contribution in [1.82, 2.24) is 23.9 Å². The third-order valence-corrected chi connectivity index (χ3v) is 5.75. The first-order valence-electron chi connectivity index (χ1n) is 10.2. The van der Waals surface area contributed by atoms with Gasteiger partial charge in [-0.15, -0.1) is 0 Å². The summed E-state index contributed by atoms with van der Waals surface area (Å²) in [6.07, 6.45) is 7.27. The van der Waals surface area contributed by atoms with E-state index < -0.39 is 0 Å². The second-order valence-corrected chi connectivity index (χ2v) is 7.92. The molecule has 0 bridgehead atoms. The van der Waals surface area contributed by atoms with Gasteiger partial charge in [-0.1, -0.05) is 6.07 Å². The topological polar surface area (TPSA) is 83.5 Å². The van der Waals surface area contributed by atoms with Gasteiger partial charge in [0.25, 0.3) is 0 Å². The molecule has 0 saturated carbocycles. The molecule has 1 aliphatic heterocycles. The Morgan fingerprint density at radius 2 is 1.90 bits per heavy atom. The van der Waals surface area contributed by atoms with E-state index >= 15 is 0 Å². The van der Waals surface area contributed by atoms with Crippen molar-refractivity contribution in [2.24, 2.45) is 7.05 Å². The molecule has 1 saturated heterocycles. The standard InChI is InChI=1S/C23H21N7O/c1-28-14-25-19-10-15(2-7-21(19)28)20-13-29-9-8-24-23(29)22(27-20)26-16-3-5-17(6-4-16)30-11-18(31)12-30/h2-10,13-14,18,31H,11-12H2,1H3,(H,26,27). The van der Waals surface area contributed by atoms with E-state index in [1.165, 1.54) is 0 Å². The SMILES string of the molecule is Cn1cnc2cc(-c3cn4ccnc4c(Nc4ccc(N5CC(O)C5)cc4)n3)ccc21. The number of aliphatic hydroxyl groups is 1. The van der Waals surface area contributed by atoms with Crippen molar-refractivity contribution in [3.8, 4) is 11.3 Å². The van der Waals surface area contributed by atoms with Gasteiger partial charge in [0.1, 0.15) is 0 Å². The maximum atomic E-state index is 9.51.